The first-order chi connectivity index (χ1) is 8.09. The zero-order valence-corrected chi connectivity index (χ0v) is 11.1. The molecule has 0 aromatic carbocycles. The van der Waals surface area contributed by atoms with Gasteiger partial charge in [0, 0.05) is 7.05 Å². The molecular formula is C11H12BrN3O2. The summed E-state index contributed by atoms with van der Waals surface area (Å²) in [6.07, 6.45) is 1.58. The van der Waals surface area contributed by atoms with Crippen LogP contribution in [0.5, 0.6) is 0 Å². The predicted octanol–water partition coefficient (Wildman–Crippen LogP) is 2.01. The number of aryl methyl sites for hydroxylation is 2. The standard InChI is InChI=1S/C11H12BrN3O2/c1-7-9(12)10(15(2)14-7)11(16)13-6-8-4-3-5-17-8/h3-5H,6H2,1-2H3,(H,13,16). The van der Waals surface area contributed by atoms with Crippen molar-refractivity contribution >= 4 is 21.8 Å². The summed E-state index contributed by atoms with van der Waals surface area (Å²) >= 11 is 3.35. The Morgan fingerprint density at radius 1 is 1.65 bits per heavy atom. The number of amides is 1. The van der Waals surface area contributed by atoms with Gasteiger partial charge >= 0.3 is 0 Å². The molecule has 1 amide bonds. The van der Waals surface area contributed by atoms with E-state index in [2.05, 4.69) is 26.3 Å². The number of carbonyl (C=O) groups excluding carboxylic acids is 1. The summed E-state index contributed by atoms with van der Waals surface area (Å²) < 4.78 is 7.41. The summed E-state index contributed by atoms with van der Waals surface area (Å²) in [5.41, 5.74) is 1.30. The normalized spacial score (nSPS) is 10.5. The lowest BCUT2D eigenvalue weighted by atomic mass is 10.3. The van der Waals surface area contributed by atoms with E-state index in [9.17, 15) is 4.79 Å². The number of nitrogens with zero attached hydrogens (tertiary/aromatic N) is 2. The highest BCUT2D eigenvalue weighted by atomic mass is 79.9. The minimum Gasteiger partial charge on any atom is -0.467 e. The molecule has 0 unspecified atom stereocenters. The van der Waals surface area contributed by atoms with Crippen LogP contribution in [0.4, 0.5) is 0 Å². The molecule has 2 rings (SSSR count). The summed E-state index contributed by atoms with van der Waals surface area (Å²) in [4.78, 5) is 12.0. The van der Waals surface area contributed by atoms with Gasteiger partial charge in [-0.05, 0) is 35.0 Å². The largest absolute Gasteiger partial charge is 0.467 e. The molecular weight excluding hydrogens is 286 g/mol. The van der Waals surface area contributed by atoms with E-state index in [0.717, 1.165) is 10.2 Å². The number of hydrogen-bond donors (Lipinski definition) is 1. The van der Waals surface area contributed by atoms with E-state index in [-0.39, 0.29) is 5.91 Å². The van der Waals surface area contributed by atoms with E-state index in [1.165, 1.54) is 0 Å². The van der Waals surface area contributed by atoms with Gasteiger partial charge in [-0.3, -0.25) is 9.48 Å². The number of carbonyl (C=O) groups is 1. The zero-order chi connectivity index (χ0) is 12.4. The van der Waals surface area contributed by atoms with Crippen LogP contribution in [0.15, 0.2) is 27.3 Å². The number of halogens is 1. The SMILES string of the molecule is Cc1nn(C)c(C(=O)NCc2ccco2)c1Br. The van der Waals surface area contributed by atoms with Crippen molar-refractivity contribution in [1.82, 2.24) is 15.1 Å². The van der Waals surface area contributed by atoms with Crippen LogP contribution in [0.1, 0.15) is 21.9 Å². The molecule has 1 N–H and O–H groups in total. The van der Waals surface area contributed by atoms with Crippen LogP contribution in [0, 0.1) is 6.92 Å². The van der Waals surface area contributed by atoms with Gasteiger partial charge in [-0.2, -0.15) is 5.10 Å². The highest BCUT2D eigenvalue weighted by Gasteiger charge is 2.17. The molecule has 0 radical (unpaired) electrons. The van der Waals surface area contributed by atoms with Crippen LogP contribution in [-0.4, -0.2) is 15.7 Å². The lowest BCUT2D eigenvalue weighted by molar-refractivity contribution is 0.0938. The van der Waals surface area contributed by atoms with Crippen LogP contribution in [0.3, 0.4) is 0 Å². The van der Waals surface area contributed by atoms with Gasteiger partial charge in [0.05, 0.1) is 23.0 Å². The molecule has 5 nitrogen and oxygen atoms in total. The second-order valence-corrected chi connectivity index (χ2v) is 4.43. The van der Waals surface area contributed by atoms with E-state index in [1.807, 2.05) is 13.0 Å². The van der Waals surface area contributed by atoms with Crippen molar-refractivity contribution in [2.75, 3.05) is 0 Å². The first-order valence-corrected chi connectivity index (χ1v) is 5.88. The lowest BCUT2D eigenvalue weighted by Crippen LogP contribution is -2.25. The van der Waals surface area contributed by atoms with Crippen molar-refractivity contribution in [2.45, 2.75) is 13.5 Å². The quantitative estimate of drug-likeness (QED) is 0.943. The summed E-state index contributed by atoms with van der Waals surface area (Å²) in [5.74, 6) is 0.532. The summed E-state index contributed by atoms with van der Waals surface area (Å²) in [7, 11) is 1.74. The molecule has 90 valence electrons. The third kappa shape index (κ3) is 2.41. The summed E-state index contributed by atoms with van der Waals surface area (Å²) in [6, 6.07) is 3.59. The van der Waals surface area contributed by atoms with Crippen LogP contribution in [0.25, 0.3) is 0 Å². The van der Waals surface area contributed by atoms with Crippen LogP contribution in [0.2, 0.25) is 0 Å². The molecule has 0 spiro atoms. The first-order valence-electron chi connectivity index (χ1n) is 5.09. The Morgan fingerprint density at radius 3 is 2.94 bits per heavy atom. The number of hydrogen-bond acceptors (Lipinski definition) is 3. The maximum atomic E-state index is 12.0. The monoisotopic (exact) mass is 297 g/mol. The van der Waals surface area contributed by atoms with E-state index in [0.29, 0.717) is 18.0 Å². The molecule has 0 atom stereocenters. The van der Waals surface area contributed by atoms with Gasteiger partial charge in [0.2, 0.25) is 0 Å². The fraction of sp³-hybridized carbons (Fsp3) is 0.273. The smallest absolute Gasteiger partial charge is 0.271 e. The highest BCUT2D eigenvalue weighted by Crippen LogP contribution is 2.19. The predicted molar refractivity (Wildman–Crippen MR) is 65.5 cm³/mol. The third-order valence-electron chi connectivity index (χ3n) is 2.37. The average molecular weight is 298 g/mol. The Labute approximate surface area is 107 Å². The molecule has 0 aliphatic carbocycles. The summed E-state index contributed by atoms with van der Waals surface area (Å²) in [5, 5.41) is 6.94. The number of nitrogens with one attached hydrogen (secondary N) is 1. The Kier molecular flexibility index (Phi) is 3.33. The molecule has 0 aliphatic rings. The maximum Gasteiger partial charge on any atom is 0.271 e. The van der Waals surface area contributed by atoms with Crippen molar-refractivity contribution in [3.63, 3.8) is 0 Å². The second kappa shape index (κ2) is 4.75. The summed E-state index contributed by atoms with van der Waals surface area (Å²) in [6.45, 7) is 2.20. The number of aromatic nitrogens is 2. The fourth-order valence-electron chi connectivity index (χ4n) is 1.54. The van der Waals surface area contributed by atoms with Crippen molar-refractivity contribution in [1.29, 1.82) is 0 Å². The Hall–Kier alpha value is -1.56. The third-order valence-corrected chi connectivity index (χ3v) is 3.32. The van der Waals surface area contributed by atoms with Crippen molar-refractivity contribution in [3.8, 4) is 0 Å². The van der Waals surface area contributed by atoms with Crippen molar-refractivity contribution in [2.24, 2.45) is 7.05 Å². The zero-order valence-electron chi connectivity index (χ0n) is 9.53. The molecule has 17 heavy (non-hydrogen) atoms. The van der Waals surface area contributed by atoms with Crippen LogP contribution in [-0.2, 0) is 13.6 Å². The van der Waals surface area contributed by atoms with Crippen LogP contribution < -0.4 is 5.32 Å². The van der Waals surface area contributed by atoms with Gasteiger partial charge in [-0.15, -0.1) is 0 Å². The van der Waals surface area contributed by atoms with Gasteiger partial charge in [0.25, 0.3) is 5.91 Å². The molecule has 2 heterocycles. The number of furan rings is 1. The topological polar surface area (TPSA) is 60.1 Å². The van der Waals surface area contributed by atoms with Gasteiger partial charge in [0.1, 0.15) is 11.5 Å². The molecule has 6 heteroatoms. The van der Waals surface area contributed by atoms with Crippen molar-refractivity contribution in [3.05, 3.63) is 40.0 Å². The molecule has 0 saturated carbocycles. The fourth-order valence-corrected chi connectivity index (χ4v) is 2.06. The van der Waals surface area contributed by atoms with E-state index < -0.39 is 0 Å². The lowest BCUT2D eigenvalue weighted by Gasteiger charge is -2.04. The van der Waals surface area contributed by atoms with Gasteiger partial charge in [0.15, 0.2) is 0 Å². The van der Waals surface area contributed by atoms with E-state index >= 15 is 0 Å². The van der Waals surface area contributed by atoms with Gasteiger partial charge in [-0.25, -0.2) is 0 Å². The Bertz CT molecular complexity index is 531. The highest BCUT2D eigenvalue weighted by molar-refractivity contribution is 9.10. The first kappa shape index (κ1) is 11.9. The maximum absolute atomic E-state index is 12.0. The minimum absolute atomic E-state index is 0.184. The van der Waals surface area contributed by atoms with Crippen LogP contribution >= 0.6 is 15.9 Å². The second-order valence-electron chi connectivity index (χ2n) is 3.63. The van der Waals surface area contributed by atoms with Gasteiger partial charge < -0.3 is 9.73 Å². The molecule has 2 aromatic rings. The number of rotatable bonds is 3. The van der Waals surface area contributed by atoms with Gasteiger partial charge in [-0.1, -0.05) is 0 Å². The molecule has 0 saturated heterocycles. The molecule has 0 aliphatic heterocycles. The van der Waals surface area contributed by atoms with Crippen molar-refractivity contribution < 1.29 is 9.21 Å². The molecule has 0 bridgehead atoms. The minimum atomic E-state index is -0.184. The Morgan fingerprint density at radius 2 is 2.41 bits per heavy atom. The molecule has 0 fully saturated rings. The molecule has 2 aromatic heterocycles. The average Bonchev–Trinajstić information content (AvgIpc) is 2.86. The Balaban J connectivity index is 2.10. The van der Waals surface area contributed by atoms with E-state index in [1.54, 1.807) is 24.1 Å². The van der Waals surface area contributed by atoms with E-state index in [4.69, 9.17) is 4.42 Å².